The van der Waals surface area contributed by atoms with Gasteiger partial charge in [-0.2, -0.15) is 0 Å². The van der Waals surface area contributed by atoms with Crippen LogP contribution < -0.4 is 0 Å². The van der Waals surface area contributed by atoms with Crippen LogP contribution in [0.2, 0.25) is 0 Å². The van der Waals surface area contributed by atoms with Crippen molar-refractivity contribution in [2.24, 2.45) is 0 Å². The van der Waals surface area contributed by atoms with Gasteiger partial charge in [0.2, 0.25) is 0 Å². The maximum Gasteiger partial charge on any atom is 0.335 e. The molecule has 0 N–H and O–H groups in total. The zero-order valence-electron chi connectivity index (χ0n) is 11.9. The van der Waals surface area contributed by atoms with Gasteiger partial charge in [0, 0.05) is 18.7 Å². The molecule has 3 rings (SSSR count). The predicted octanol–water partition coefficient (Wildman–Crippen LogP) is 1.42. The summed E-state index contributed by atoms with van der Waals surface area (Å²) in [4.78, 5) is 26.6. The van der Waals surface area contributed by atoms with Crippen molar-refractivity contribution in [1.29, 1.82) is 0 Å². The average molecular weight is 279 g/mol. The third-order valence-electron chi connectivity index (χ3n) is 4.60. The number of nitrogens with zero attached hydrogens (tertiary/aromatic N) is 1. The highest BCUT2D eigenvalue weighted by Crippen LogP contribution is 2.44. The van der Waals surface area contributed by atoms with E-state index in [2.05, 4.69) is 0 Å². The summed E-state index contributed by atoms with van der Waals surface area (Å²) in [6.45, 7) is 4.05. The van der Waals surface area contributed by atoms with E-state index in [1.807, 2.05) is 0 Å². The maximum atomic E-state index is 12.8. The predicted molar refractivity (Wildman–Crippen MR) is 72.0 cm³/mol. The minimum atomic E-state index is -0.644. The molecule has 0 aromatic carbocycles. The zero-order valence-corrected chi connectivity index (χ0v) is 11.9. The Morgan fingerprint density at radius 2 is 1.80 bits per heavy atom. The second-order valence-electron chi connectivity index (χ2n) is 5.85. The van der Waals surface area contributed by atoms with Crippen LogP contribution in [-0.4, -0.2) is 48.7 Å². The molecule has 20 heavy (non-hydrogen) atoms. The molecule has 3 aliphatic rings. The lowest BCUT2D eigenvalue weighted by Gasteiger charge is -2.36. The van der Waals surface area contributed by atoms with Crippen LogP contribution in [0, 0.1) is 0 Å². The summed E-state index contributed by atoms with van der Waals surface area (Å²) in [5.74, 6) is -0.345. The average Bonchev–Trinajstić information content (AvgIpc) is 2.71. The molecule has 2 fully saturated rings. The summed E-state index contributed by atoms with van der Waals surface area (Å²) in [6.07, 6.45) is 4.74. The van der Waals surface area contributed by atoms with E-state index in [0.717, 1.165) is 32.1 Å². The van der Waals surface area contributed by atoms with Crippen LogP contribution in [0.15, 0.2) is 11.1 Å². The third kappa shape index (κ3) is 2.14. The molecule has 1 aliphatic carbocycles. The van der Waals surface area contributed by atoms with Crippen LogP contribution in [0.3, 0.4) is 0 Å². The summed E-state index contributed by atoms with van der Waals surface area (Å²) in [6, 6.07) is 0. The van der Waals surface area contributed by atoms with Crippen molar-refractivity contribution < 1.29 is 19.1 Å². The highest BCUT2D eigenvalue weighted by atomic mass is 16.6. The smallest absolute Gasteiger partial charge is 0.335 e. The highest BCUT2D eigenvalue weighted by Gasteiger charge is 2.50. The van der Waals surface area contributed by atoms with E-state index >= 15 is 0 Å². The maximum absolute atomic E-state index is 12.8. The Morgan fingerprint density at radius 3 is 2.45 bits per heavy atom. The fraction of sp³-hybridized carbons (Fsp3) is 0.733. The number of ether oxygens (including phenoxy) is 2. The summed E-state index contributed by atoms with van der Waals surface area (Å²) in [7, 11) is 0. The van der Waals surface area contributed by atoms with Gasteiger partial charge in [0.15, 0.2) is 0 Å². The number of hydrogen-bond acceptors (Lipinski definition) is 4. The van der Waals surface area contributed by atoms with Crippen molar-refractivity contribution in [1.82, 2.24) is 4.90 Å². The van der Waals surface area contributed by atoms with Gasteiger partial charge in [-0.25, -0.2) is 4.79 Å². The van der Waals surface area contributed by atoms with Gasteiger partial charge in [-0.3, -0.25) is 4.79 Å². The Hall–Kier alpha value is -1.36. The molecular formula is C15H21NO4. The molecule has 0 atom stereocenters. The molecule has 2 heterocycles. The highest BCUT2D eigenvalue weighted by molar-refractivity contribution is 6.07. The molecule has 0 radical (unpaired) electrons. The first-order chi connectivity index (χ1) is 9.64. The lowest BCUT2D eigenvalue weighted by atomic mass is 9.78. The van der Waals surface area contributed by atoms with E-state index in [1.165, 1.54) is 0 Å². The van der Waals surface area contributed by atoms with Crippen molar-refractivity contribution in [2.75, 3.05) is 26.3 Å². The van der Waals surface area contributed by atoms with Crippen LogP contribution in [0.25, 0.3) is 0 Å². The SMILES string of the molecule is CC1=C(C(=O)N2CCOCC2)C2(CCCCC2)OC1=O. The number of hydrogen-bond donors (Lipinski definition) is 0. The minimum Gasteiger partial charge on any atom is -0.451 e. The molecule has 2 aliphatic heterocycles. The molecular weight excluding hydrogens is 258 g/mol. The molecule has 1 amide bonds. The standard InChI is InChI=1S/C15H21NO4/c1-11-12(13(17)16-7-9-19-10-8-16)15(20-14(11)18)5-3-2-4-6-15/h2-10H2,1H3. The van der Waals surface area contributed by atoms with E-state index in [-0.39, 0.29) is 11.9 Å². The first-order valence-corrected chi connectivity index (χ1v) is 7.46. The van der Waals surface area contributed by atoms with Crippen LogP contribution in [0.4, 0.5) is 0 Å². The van der Waals surface area contributed by atoms with Gasteiger partial charge >= 0.3 is 5.97 Å². The van der Waals surface area contributed by atoms with Crippen molar-refractivity contribution in [2.45, 2.75) is 44.6 Å². The quantitative estimate of drug-likeness (QED) is 0.681. The van der Waals surface area contributed by atoms with Gasteiger partial charge in [-0.05, 0) is 32.6 Å². The topological polar surface area (TPSA) is 55.8 Å². The van der Waals surface area contributed by atoms with E-state index in [9.17, 15) is 9.59 Å². The van der Waals surface area contributed by atoms with Crippen molar-refractivity contribution in [3.05, 3.63) is 11.1 Å². The Labute approximate surface area is 118 Å². The number of rotatable bonds is 1. The van der Waals surface area contributed by atoms with Crippen LogP contribution in [-0.2, 0) is 19.1 Å². The zero-order chi connectivity index (χ0) is 14.2. The Bertz CT molecular complexity index is 456. The molecule has 0 aromatic heterocycles. The van der Waals surface area contributed by atoms with Gasteiger partial charge < -0.3 is 14.4 Å². The number of carbonyl (C=O) groups is 2. The lowest BCUT2D eigenvalue weighted by Crippen LogP contribution is -2.46. The Kier molecular flexibility index (Phi) is 3.54. The third-order valence-corrected chi connectivity index (χ3v) is 4.60. The Balaban J connectivity index is 1.90. The molecule has 1 saturated carbocycles. The number of esters is 1. The second kappa shape index (κ2) is 5.20. The molecule has 0 bridgehead atoms. The fourth-order valence-corrected chi connectivity index (χ4v) is 3.50. The number of carbonyl (C=O) groups excluding carboxylic acids is 2. The molecule has 5 nitrogen and oxygen atoms in total. The first-order valence-electron chi connectivity index (χ1n) is 7.46. The van der Waals surface area contributed by atoms with Gasteiger partial charge in [0.1, 0.15) is 5.60 Å². The first kappa shape index (κ1) is 13.6. The summed E-state index contributed by atoms with van der Waals surface area (Å²) < 4.78 is 10.9. The van der Waals surface area contributed by atoms with E-state index in [4.69, 9.17) is 9.47 Å². The molecule has 1 spiro atoms. The van der Waals surface area contributed by atoms with Crippen molar-refractivity contribution >= 4 is 11.9 Å². The lowest BCUT2D eigenvalue weighted by molar-refractivity contribution is -0.150. The van der Waals surface area contributed by atoms with Crippen LogP contribution >= 0.6 is 0 Å². The van der Waals surface area contributed by atoms with Crippen LogP contribution in [0.1, 0.15) is 39.0 Å². The molecule has 110 valence electrons. The van der Waals surface area contributed by atoms with E-state index in [1.54, 1.807) is 11.8 Å². The molecule has 5 heteroatoms. The molecule has 0 aromatic rings. The second-order valence-corrected chi connectivity index (χ2v) is 5.85. The van der Waals surface area contributed by atoms with Gasteiger partial charge in [-0.1, -0.05) is 6.42 Å². The van der Waals surface area contributed by atoms with Crippen LogP contribution in [0.5, 0.6) is 0 Å². The fourth-order valence-electron chi connectivity index (χ4n) is 3.50. The molecule has 1 saturated heterocycles. The van der Waals surface area contributed by atoms with E-state index in [0.29, 0.717) is 37.4 Å². The summed E-state index contributed by atoms with van der Waals surface area (Å²) >= 11 is 0. The number of amides is 1. The normalized spacial score (nSPS) is 26.1. The Morgan fingerprint density at radius 1 is 1.15 bits per heavy atom. The molecule has 0 unspecified atom stereocenters. The van der Waals surface area contributed by atoms with Crippen molar-refractivity contribution in [3.8, 4) is 0 Å². The largest absolute Gasteiger partial charge is 0.451 e. The summed E-state index contributed by atoms with van der Waals surface area (Å²) in [5.41, 5.74) is 0.474. The minimum absolute atomic E-state index is 0.0291. The monoisotopic (exact) mass is 279 g/mol. The van der Waals surface area contributed by atoms with Crippen molar-refractivity contribution in [3.63, 3.8) is 0 Å². The summed E-state index contributed by atoms with van der Waals surface area (Å²) in [5, 5.41) is 0. The van der Waals surface area contributed by atoms with E-state index < -0.39 is 5.60 Å². The number of morpholine rings is 1. The van der Waals surface area contributed by atoms with Gasteiger partial charge in [0.25, 0.3) is 5.91 Å². The van der Waals surface area contributed by atoms with Gasteiger partial charge in [0.05, 0.1) is 18.8 Å². The van der Waals surface area contributed by atoms with Gasteiger partial charge in [-0.15, -0.1) is 0 Å².